The summed E-state index contributed by atoms with van der Waals surface area (Å²) in [6, 6.07) is 12.6. The molecule has 2 rings (SSSR count). The Morgan fingerprint density at radius 2 is 1.86 bits per heavy atom. The Balaban J connectivity index is 2.18. The molecule has 114 valence electrons. The Morgan fingerprint density at radius 1 is 1.18 bits per heavy atom. The SMILES string of the molecule is COC(=O)C(Cc1ccc(O)cc1)N=Cc1ccccc1O. The molecule has 0 amide bonds. The van der Waals surface area contributed by atoms with Crippen molar-refractivity contribution in [1.82, 2.24) is 0 Å². The molecule has 5 heteroatoms. The number of methoxy groups -OCH3 is 1. The highest BCUT2D eigenvalue weighted by molar-refractivity contribution is 5.86. The largest absolute Gasteiger partial charge is 0.508 e. The van der Waals surface area contributed by atoms with Gasteiger partial charge in [-0.2, -0.15) is 0 Å². The Kier molecular flexibility index (Phi) is 5.14. The number of phenols is 2. The lowest BCUT2D eigenvalue weighted by Crippen LogP contribution is -2.23. The van der Waals surface area contributed by atoms with Gasteiger partial charge < -0.3 is 14.9 Å². The van der Waals surface area contributed by atoms with Crippen molar-refractivity contribution in [2.24, 2.45) is 4.99 Å². The molecule has 0 bridgehead atoms. The van der Waals surface area contributed by atoms with E-state index in [4.69, 9.17) is 4.74 Å². The van der Waals surface area contributed by atoms with Crippen molar-refractivity contribution in [2.75, 3.05) is 7.11 Å². The highest BCUT2D eigenvalue weighted by Gasteiger charge is 2.18. The second-order valence-electron chi connectivity index (χ2n) is 4.75. The molecule has 2 aromatic carbocycles. The van der Waals surface area contributed by atoms with Gasteiger partial charge in [-0.1, -0.05) is 24.3 Å². The van der Waals surface area contributed by atoms with Crippen LogP contribution in [0.25, 0.3) is 0 Å². The Bertz CT molecular complexity index is 665. The number of carbonyl (C=O) groups is 1. The second-order valence-corrected chi connectivity index (χ2v) is 4.75. The molecule has 0 aliphatic carbocycles. The average Bonchev–Trinajstić information content (AvgIpc) is 2.54. The Morgan fingerprint density at radius 3 is 2.50 bits per heavy atom. The molecule has 1 unspecified atom stereocenters. The molecule has 0 spiro atoms. The maximum atomic E-state index is 11.8. The van der Waals surface area contributed by atoms with Gasteiger partial charge in [-0.05, 0) is 29.8 Å². The number of para-hydroxylation sites is 1. The van der Waals surface area contributed by atoms with Gasteiger partial charge in [-0.3, -0.25) is 4.99 Å². The number of ether oxygens (including phenoxy) is 1. The van der Waals surface area contributed by atoms with Gasteiger partial charge in [0, 0.05) is 18.2 Å². The zero-order valence-corrected chi connectivity index (χ0v) is 12.1. The summed E-state index contributed by atoms with van der Waals surface area (Å²) in [5.74, 6) is -0.199. The molecule has 0 aromatic heterocycles. The van der Waals surface area contributed by atoms with Gasteiger partial charge in [0.25, 0.3) is 0 Å². The summed E-state index contributed by atoms with van der Waals surface area (Å²) in [7, 11) is 1.31. The molecular weight excluding hydrogens is 282 g/mol. The van der Waals surface area contributed by atoms with Crippen molar-refractivity contribution >= 4 is 12.2 Å². The number of benzene rings is 2. The third-order valence-electron chi connectivity index (χ3n) is 3.17. The van der Waals surface area contributed by atoms with Gasteiger partial charge in [-0.15, -0.1) is 0 Å². The standard InChI is InChI=1S/C17H17NO4/c1-22-17(21)15(10-12-6-8-14(19)9-7-12)18-11-13-4-2-3-5-16(13)20/h2-9,11,15,19-20H,10H2,1H3. The van der Waals surface area contributed by atoms with Crippen LogP contribution in [-0.4, -0.2) is 35.5 Å². The molecule has 0 heterocycles. The van der Waals surface area contributed by atoms with E-state index in [2.05, 4.69) is 4.99 Å². The number of aliphatic imine (C=N–C) groups is 1. The van der Waals surface area contributed by atoms with Crippen molar-refractivity contribution in [3.8, 4) is 11.5 Å². The van der Waals surface area contributed by atoms with Crippen LogP contribution in [0.5, 0.6) is 11.5 Å². The van der Waals surface area contributed by atoms with E-state index >= 15 is 0 Å². The first-order valence-electron chi connectivity index (χ1n) is 6.77. The van der Waals surface area contributed by atoms with Crippen molar-refractivity contribution in [3.63, 3.8) is 0 Å². The van der Waals surface area contributed by atoms with E-state index in [-0.39, 0.29) is 11.5 Å². The maximum Gasteiger partial charge on any atom is 0.330 e. The van der Waals surface area contributed by atoms with E-state index in [0.29, 0.717) is 12.0 Å². The zero-order chi connectivity index (χ0) is 15.9. The molecule has 22 heavy (non-hydrogen) atoms. The summed E-state index contributed by atoms with van der Waals surface area (Å²) >= 11 is 0. The number of hydrogen-bond donors (Lipinski definition) is 2. The smallest absolute Gasteiger partial charge is 0.330 e. The van der Waals surface area contributed by atoms with Gasteiger partial charge in [0.05, 0.1) is 7.11 Å². The van der Waals surface area contributed by atoms with E-state index in [1.165, 1.54) is 13.3 Å². The number of rotatable bonds is 5. The second kappa shape index (κ2) is 7.26. The molecule has 0 saturated heterocycles. The molecular formula is C17H17NO4. The minimum absolute atomic E-state index is 0.0968. The van der Waals surface area contributed by atoms with Crippen LogP contribution < -0.4 is 0 Å². The van der Waals surface area contributed by atoms with Crippen LogP contribution in [0.3, 0.4) is 0 Å². The zero-order valence-electron chi connectivity index (χ0n) is 12.1. The van der Waals surface area contributed by atoms with Crippen LogP contribution >= 0.6 is 0 Å². The summed E-state index contributed by atoms with van der Waals surface area (Å²) in [4.78, 5) is 16.1. The van der Waals surface area contributed by atoms with Gasteiger partial charge in [0.2, 0.25) is 0 Å². The number of phenolic OH excluding ortho intramolecular Hbond substituents is 2. The fourth-order valence-electron chi connectivity index (χ4n) is 1.96. The predicted molar refractivity (Wildman–Crippen MR) is 83.3 cm³/mol. The van der Waals surface area contributed by atoms with Gasteiger partial charge in [0.15, 0.2) is 6.04 Å². The first-order valence-corrected chi connectivity index (χ1v) is 6.77. The Labute approximate surface area is 128 Å². The van der Waals surface area contributed by atoms with Crippen LogP contribution in [0.1, 0.15) is 11.1 Å². The van der Waals surface area contributed by atoms with Gasteiger partial charge >= 0.3 is 5.97 Å². The summed E-state index contributed by atoms with van der Waals surface area (Å²) in [6.45, 7) is 0. The number of hydrogen-bond acceptors (Lipinski definition) is 5. The van der Waals surface area contributed by atoms with Crippen molar-refractivity contribution in [3.05, 3.63) is 59.7 Å². The highest BCUT2D eigenvalue weighted by atomic mass is 16.5. The van der Waals surface area contributed by atoms with Crippen LogP contribution in [0, 0.1) is 0 Å². The maximum absolute atomic E-state index is 11.8. The van der Waals surface area contributed by atoms with Crippen LogP contribution in [0.15, 0.2) is 53.5 Å². The summed E-state index contributed by atoms with van der Waals surface area (Å²) in [5, 5.41) is 19.0. The lowest BCUT2D eigenvalue weighted by molar-refractivity contribution is -0.142. The molecule has 0 aliphatic heterocycles. The van der Waals surface area contributed by atoms with E-state index < -0.39 is 12.0 Å². The first-order chi connectivity index (χ1) is 10.6. The molecule has 0 fully saturated rings. The van der Waals surface area contributed by atoms with E-state index in [1.54, 1.807) is 48.5 Å². The van der Waals surface area contributed by atoms with Crippen LogP contribution in [-0.2, 0) is 16.0 Å². The normalized spacial score (nSPS) is 12.2. The molecule has 5 nitrogen and oxygen atoms in total. The first kappa shape index (κ1) is 15.6. The fraction of sp³-hybridized carbons (Fsp3) is 0.176. The summed E-state index contributed by atoms with van der Waals surface area (Å²) < 4.78 is 4.76. The third-order valence-corrected chi connectivity index (χ3v) is 3.17. The number of esters is 1. The quantitative estimate of drug-likeness (QED) is 0.656. The van der Waals surface area contributed by atoms with Crippen molar-refractivity contribution in [1.29, 1.82) is 0 Å². The minimum Gasteiger partial charge on any atom is -0.508 e. The molecule has 2 aromatic rings. The third kappa shape index (κ3) is 4.09. The van der Waals surface area contributed by atoms with Crippen molar-refractivity contribution in [2.45, 2.75) is 12.5 Å². The lowest BCUT2D eigenvalue weighted by atomic mass is 10.1. The van der Waals surface area contributed by atoms with E-state index in [1.807, 2.05) is 0 Å². The number of aromatic hydroxyl groups is 2. The summed E-state index contributed by atoms with van der Waals surface area (Å²) in [5.41, 5.74) is 1.38. The predicted octanol–water partition coefficient (Wildman–Crippen LogP) is 2.30. The highest BCUT2D eigenvalue weighted by Crippen LogP contribution is 2.15. The number of nitrogens with zero attached hydrogens (tertiary/aromatic N) is 1. The molecule has 0 aliphatic rings. The van der Waals surface area contributed by atoms with Crippen molar-refractivity contribution < 1.29 is 19.7 Å². The van der Waals surface area contributed by atoms with Crippen LogP contribution in [0.2, 0.25) is 0 Å². The monoisotopic (exact) mass is 299 g/mol. The molecule has 1 atom stereocenters. The van der Waals surface area contributed by atoms with E-state index in [0.717, 1.165) is 5.56 Å². The molecule has 2 N–H and O–H groups in total. The summed E-state index contributed by atoms with van der Waals surface area (Å²) in [6.07, 6.45) is 1.80. The van der Waals surface area contributed by atoms with Crippen LogP contribution in [0.4, 0.5) is 0 Å². The average molecular weight is 299 g/mol. The van der Waals surface area contributed by atoms with Gasteiger partial charge in [-0.25, -0.2) is 4.79 Å². The minimum atomic E-state index is -0.714. The lowest BCUT2D eigenvalue weighted by Gasteiger charge is -2.10. The van der Waals surface area contributed by atoms with E-state index in [9.17, 15) is 15.0 Å². The number of carbonyl (C=O) groups excluding carboxylic acids is 1. The van der Waals surface area contributed by atoms with Gasteiger partial charge in [0.1, 0.15) is 11.5 Å². The fourth-order valence-corrected chi connectivity index (χ4v) is 1.96. The Hall–Kier alpha value is -2.82. The topological polar surface area (TPSA) is 79.1 Å². The molecule has 0 saturated carbocycles. The molecule has 0 radical (unpaired) electrons.